The number of rotatable bonds is 0. The molecule has 48 valence electrons. The minimum atomic E-state index is -0.686. The van der Waals surface area contributed by atoms with Gasteiger partial charge in [0, 0.05) is 0 Å². The maximum atomic E-state index is 8.94. The Bertz CT molecular complexity index is 191. The van der Waals surface area contributed by atoms with Crippen LogP contribution >= 0.6 is 0 Å². The number of aliphatic hydroxyl groups is 1. The van der Waals surface area contributed by atoms with Gasteiger partial charge in [-0.2, -0.15) is 0 Å². The van der Waals surface area contributed by atoms with Crippen LogP contribution in [0.25, 0.3) is 0 Å². The first-order valence-corrected chi connectivity index (χ1v) is 2.83. The summed E-state index contributed by atoms with van der Waals surface area (Å²) in [5.74, 6) is 0. The first-order chi connectivity index (χ1) is 4.20. The molecule has 1 aliphatic carbocycles. The maximum absolute atomic E-state index is 8.94. The van der Waals surface area contributed by atoms with Gasteiger partial charge in [0.1, 0.15) is 6.10 Å². The van der Waals surface area contributed by atoms with Gasteiger partial charge in [-0.25, -0.2) is 0 Å². The molecule has 1 unspecified atom stereocenters. The molecule has 0 aromatic carbocycles. The summed E-state index contributed by atoms with van der Waals surface area (Å²) >= 11 is 0. The Labute approximate surface area is 54.0 Å². The van der Waals surface area contributed by atoms with E-state index >= 15 is 0 Å². The van der Waals surface area contributed by atoms with Crippen LogP contribution < -0.4 is 0 Å². The molecule has 1 aliphatic rings. The van der Waals surface area contributed by atoms with E-state index < -0.39 is 6.10 Å². The standard InChI is InChI=1S/C7H9NO/c1-5-2-3-7(9)6(8)4-5/h2-4,7-9H,1H3. The third-order valence-electron chi connectivity index (χ3n) is 1.24. The Hall–Kier alpha value is -0.890. The number of aliphatic hydroxyl groups excluding tert-OH is 1. The lowest BCUT2D eigenvalue weighted by atomic mass is 10.1. The minimum Gasteiger partial charge on any atom is -0.383 e. The topological polar surface area (TPSA) is 44.1 Å². The van der Waals surface area contributed by atoms with Crippen LogP contribution in [0.5, 0.6) is 0 Å². The SMILES string of the molecule is CC1=CC(=N)C(O)C=C1. The molecular formula is C7H9NO. The Kier molecular flexibility index (Phi) is 1.49. The minimum absolute atomic E-state index is 0.273. The highest BCUT2D eigenvalue weighted by Gasteiger charge is 2.07. The lowest BCUT2D eigenvalue weighted by molar-refractivity contribution is 0.288. The van der Waals surface area contributed by atoms with Crippen LogP contribution in [0, 0.1) is 5.41 Å². The molecule has 2 N–H and O–H groups in total. The highest BCUT2D eigenvalue weighted by Crippen LogP contribution is 2.05. The van der Waals surface area contributed by atoms with Crippen molar-refractivity contribution in [3.8, 4) is 0 Å². The molecule has 0 saturated heterocycles. The highest BCUT2D eigenvalue weighted by atomic mass is 16.3. The van der Waals surface area contributed by atoms with Crippen LogP contribution in [0.3, 0.4) is 0 Å². The third kappa shape index (κ3) is 1.27. The Morgan fingerprint density at radius 2 is 2.33 bits per heavy atom. The lowest BCUT2D eigenvalue weighted by Crippen LogP contribution is -2.16. The molecule has 0 radical (unpaired) electrons. The second kappa shape index (κ2) is 2.15. The largest absolute Gasteiger partial charge is 0.383 e. The first-order valence-electron chi connectivity index (χ1n) is 2.83. The second-order valence-electron chi connectivity index (χ2n) is 2.15. The molecule has 0 heterocycles. The van der Waals surface area contributed by atoms with Crippen molar-refractivity contribution in [3.63, 3.8) is 0 Å². The van der Waals surface area contributed by atoms with Crippen molar-refractivity contribution >= 4 is 5.71 Å². The number of allylic oxidation sites excluding steroid dienone is 2. The fourth-order valence-electron chi connectivity index (χ4n) is 0.725. The molecule has 0 spiro atoms. The van der Waals surface area contributed by atoms with Crippen LogP contribution in [0.15, 0.2) is 23.8 Å². The summed E-state index contributed by atoms with van der Waals surface area (Å²) < 4.78 is 0. The predicted molar refractivity (Wildman–Crippen MR) is 36.6 cm³/mol. The summed E-state index contributed by atoms with van der Waals surface area (Å²) in [6.07, 6.45) is 4.39. The molecule has 0 bridgehead atoms. The molecular weight excluding hydrogens is 114 g/mol. The van der Waals surface area contributed by atoms with Gasteiger partial charge in [0.25, 0.3) is 0 Å². The van der Waals surface area contributed by atoms with Crippen molar-refractivity contribution < 1.29 is 5.11 Å². The van der Waals surface area contributed by atoms with Gasteiger partial charge in [-0.05, 0) is 24.6 Å². The second-order valence-corrected chi connectivity index (χ2v) is 2.15. The molecule has 0 fully saturated rings. The molecule has 2 heteroatoms. The molecule has 9 heavy (non-hydrogen) atoms. The van der Waals surface area contributed by atoms with Crippen LogP contribution in [0.1, 0.15) is 6.92 Å². The number of hydrogen-bond acceptors (Lipinski definition) is 2. The number of nitrogens with one attached hydrogen (secondary N) is 1. The van der Waals surface area contributed by atoms with Crippen molar-refractivity contribution in [2.75, 3.05) is 0 Å². The van der Waals surface area contributed by atoms with Gasteiger partial charge in [0.15, 0.2) is 0 Å². The monoisotopic (exact) mass is 123 g/mol. The van der Waals surface area contributed by atoms with E-state index in [4.69, 9.17) is 10.5 Å². The zero-order valence-corrected chi connectivity index (χ0v) is 5.26. The molecule has 1 atom stereocenters. The highest BCUT2D eigenvalue weighted by molar-refractivity contribution is 5.99. The Morgan fingerprint density at radius 1 is 1.67 bits per heavy atom. The van der Waals surface area contributed by atoms with Gasteiger partial charge in [-0.15, -0.1) is 0 Å². The van der Waals surface area contributed by atoms with E-state index in [1.165, 1.54) is 0 Å². The van der Waals surface area contributed by atoms with E-state index in [0.717, 1.165) is 5.57 Å². The van der Waals surface area contributed by atoms with Crippen LogP contribution in [-0.4, -0.2) is 16.9 Å². The van der Waals surface area contributed by atoms with Crippen molar-refractivity contribution in [2.45, 2.75) is 13.0 Å². The van der Waals surface area contributed by atoms with Crippen molar-refractivity contribution in [2.24, 2.45) is 0 Å². The van der Waals surface area contributed by atoms with Crippen LogP contribution in [0.4, 0.5) is 0 Å². The van der Waals surface area contributed by atoms with Gasteiger partial charge in [0.05, 0.1) is 5.71 Å². The summed E-state index contributed by atoms with van der Waals surface area (Å²) in [5.41, 5.74) is 1.29. The summed E-state index contributed by atoms with van der Waals surface area (Å²) in [5, 5.41) is 16.1. The molecule has 0 aromatic rings. The number of hydrogen-bond donors (Lipinski definition) is 2. The van der Waals surface area contributed by atoms with Gasteiger partial charge in [-0.3, -0.25) is 0 Å². The van der Waals surface area contributed by atoms with Gasteiger partial charge < -0.3 is 10.5 Å². The first kappa shape index (κ1) is 6.23. The average molecular weight is 123 g/mol. The van der Waals surface area contributed by atoms with Crippen molar-refractivity contribution in [3.05, 3.63) is 23.8 Å². The van der Waals surface area contributed by atoms with Gasteiger partial charge >= 0.3 is 0 Å². The van der Waals surface area contributed by atoms with Crippen molar-refractivity contribution in [1.82, 2.24) is 0 Å². The van der Waals surface area contributed by atoms with Crippen LogP contribution in [-0.2, 0) is 0 Å². The zero-order chi connectivity index (χ0) is 6.85. The summed E-state index contributed by atoms with van der Waals surface area (Å²) in [4.78, 5) is 0. The fourth-order valence-corrected chi connectivity index (χ4v) is 0.725. The summed E-state index contributed by atoms with van der Waals surface area (Å²) in [6.45, 7) is 1.90. The molecule has 2 nitrogen and oxygen atoms in total. The summed E-state index contributed by atoms with van der Waals surface area (Å²) in [7, 11) is 0. The Balaban J connectivity index is 2.82. The van der Waals surface area contributed by atoms with E-state index in [1.54, 1.807) is 12.2 Å². The molecule has 0 aromatic heterocycles. The average Bonchev–Trinajstić information content (AvgIpc) is 1.80. The van der Waals surface area contributed by atoms with Gasteiger partial charge in [-0.1, -0.05) is 6.08 Å². The van der Waals surface area contributed by atoms with Gasteiger partial charge in [0.2, 0.25) is 0 Å². The molecule has 0 aliphatic heterocycles. The zero-order valence-electron chi connectivity index (χ0n) is 5.26. The Morgan fingerprint density at radius 3 is 2.78 bits per heavy atom. The van der Waals surface area contributed by atoms with E-state index in [-0.39, 0.29) is 5.71 Å². The quantitative estimate of drug-likeness (QED) is 0.493. The summed E-state index contributed by atoms with van der Waals surface area (Å²) in [6, 6.07) is 0. The molecule has 1 rings (SSSR count). The molecule has 0 amide bonds. The molecule has 0 saturated carbocycles. The van der Waals surface area contributed by atoms with E-state index in [1.807, 2.05) is 13.0 Å². The maximum Gasteiger partial charge on any atom is 0.114 e. The lowest BCUT2D eigenvalue weighted by Gasteiger charge is -2.08. The normalized spacial score (nSPS) is 26.2. The van der Waals surface area contributed by atoms with E-state index in [9.17, 15) is 0 Å². The van der Waals surface area contributed by atoms with E-state index in [2.05, 4.69) is 0 Å². The predicted octanol–water partition coefficient (Wildman–Crippen LogP) is 0.883. The van der Waals surface area contributed by atoms with Crippen molar-refractivity contribution in [1.29, 1.82) is 5.41 Å². The van der Waals surface area contributed by atoms with Crippen LogP contribution in [0.2, 0.25) is 0 Å². The fraction of sp³-hybridized carbons (Fsp3) is 0.286. The third-order valence-corrected chi connectivity index (χ3v) is 1.24. The van der Waals surface area contributed by atoms with E-state index in [0.29, 0.717) is 0 Å². The smallest absolute Gasteiger partial charge is 0.114 e.